The van der Waals surface area contributed by atoms with E-state index < -0.39 is 20.6 Å². The third-order valence-corrected chi connectivity index (χ3v) is 5.17. The summed E-state index contributed by atoms with van der Waals surface area (Å²) in [6.45, 7) is -6.07. The van der Waals surface area contributed by atoms with Gasteiger partial charge in [-0.1, -0.05) is 24.3 Å². The number of benzene rings is 2. The van der Waals surface area contributed by atoms with E-state index in [1.54, 1.807) is 20.0 Å². The standard InChI is InChI=1S/C25H23N2O/c1-14-11-21(27(5)13-17(14)4)23-16(3)10-15(2)22-19-12-18-8-6-7-9-20(18)26-25(19)28-24(22)23/h6-13H,1-5H3/q+1/i1D3,2D3,4D3. The van der Waals surface area contributed by atoms with Gasteiger partial charge in [-0.15, -0.1) is 0 Å². The van der Waals surface area contributed by atoms with E-state index in [2.05, 4.69) is 4.98 Å². The van der Waals surface area contributed by atoms with Crippen LogP contribution in [0.3, 0.4) is 0 Å². The van der Waals surface area contributed by atoms with Gasteiger partial charge in [0.25, 0.3) is 0 Å². The molecule has 0 aliphatic heterocycles. The van der Waals surface area contributed by atoms with E-state index >= 15 is 0 Å². The molecule has 28 heavy (non-hydrogen) atoms. The highest BCUT2D eigenvalue weighted by atomic mass is 16.3. The molecule has 0 bridgehead atoms. The van der Waals surface area contributed by atoms with Crippen LogP contribution in [0.4, 0.5) is 0 Å². The second-order valence-corrected chi connectivity index (χ2v) is 7.05. The molecular formula is C25H23N2O+. The topological polar surface area (TPSA) is 29.9 Å². The number of aromatic nitrogens is 2. The first-order valence-electron chi connectivity index (χ1n) is 13.4. The van der Waals surface area contributed by atoms with Crippen LogP contribution in [0.2, 0.25) is 0 Å². The van der Waals surface area contributed by atoms with Crippen molar-refractivity contribution in [3.05, 3.63) is 70.9 Å². The number of furan rings is 1. The smallest absolute Gasteiger partial charge is 0.227 e. The molecule has 0 saturated heterocycles. The molecule has 0 aliphatic carbocycles. The van der Waals surface area contributed by atoms with Gasteiger partial charge in [0, 0.05) is 40.1 Å². The fourth-order valence-corrected chi connectivity index (χ4v) is 3.82. The third-order valence-electron chi connectivity index (χ3n) is 5.17. The molecule has 5 aromatic rings. The molecule has 3 aromatic heterocycles. The lowest BCUT2D eigenvalue weighted by atomic mass is 9.96. The summed E-state index contributed by atoms with van der Waals surface area (Å²) in [5, 5.41) is 1.71. The quantitative estimate of drug-likeness (QED) is 0.343. The molecule has 0 spiro atoms. The third kappa shape index (κ3) is 2.36. The zero-order valence-corrected chi connectivity index (χ0v) is 15.4. The lowest BCUT2D eigenvalue weighted by molar-refractivity contribution is -0.660. The van der Waals surface area contributed by atoms with Gasteiger partial charge in [-0.2, -0.15) is 0 Å². The van der Waals surface area contributed by atoms with E-state index in [1.165, 1.54) is 16.8 Å². The minimum Gasteiger partial charge on any atom is -0.437 e. The van der Waals surface area contributed by atoms with Crippen molar-refractivity contribution in [3.63, 3.8) is 0 Å². The summed E-state index contributed by atoms with van der Waals surface area (Å²) in [4.78, 5) is 4.61. The number of aryl methyl sites for hydroxylation is 5. The number of hydrogen-bond donors (Lipinski definition) is 0. The minimum absolute atomic E-state index is 0.0948. The number of pyridine rings is 2. The fourth-order valence-electron chi connectivity index (χ4n) is 3.82. The Labute approximate surface area is 176 Å². The monoisotopic (exact) mass is 376 g/mol. The van der Waals surface area contributed by atoms with Gasteiger partial charge in [-0.25, -0.2) is 9.55 Å². The SMILES string of the molecule is [2H]C([2H])([2H])c1cc(-c2c(C)cc(C([2H])([2H])[2H])c3c2oc2nc4ccccc4cc23)[n+](C)cc1C([2H])([2H])[2H]. The molecule has 0 saturated carbocycles. The maximum atomic E-state index is 8.19. The van der Waals surface area contributed by atoms with E-state index in [0.717, 1.165) is 5.39 Å². The van der Waals surface area contributed by atoms with Crippen molar-refractivity contribution >= 4 is 33.0 Å². The van der Waals surface area contributed by atoms with Crippen molar-refractivity contribution in [1.29, 1.82) is 0 Å². The van der Waals surface area contributed by atoms with Gasteiger partial charge in [-0.05, 0) is 56.3 Å². The van der Waals surface area contributed by atoms with Crippen LogP contribution >= 0.6 is 0 Å². The first-order valence-corrected chi connectivity index (χ1v) is 8.88. The van der Waals surface area contributed by atoms with E-state index in [1.807, 2.05) is 30.3 Å². The lowest BCUT2D eigenvalue weighted by Crippen LogP contribution is -2.31. The van der Waals surface area contributed by atoms with Crippen LogP contribution < -0.4 is 4.57 Å². The van der Waals surface area contributed by atoms with Gasteiger partial charge < -0.3 is 4.42 Å². The Morgan fingerprint density at radius 3 is 2.61 bits per heavy atom. The fraction of sp³-hybridized carbons (Fsp3) is 0.200. The van der Waals surface area contributed by atoms with Gasteiger partial charge in [0.2, 0.25) is 11.4 Å². The molecule has 0 radical (unpaired) electrons. The van der Waals surface area contributed by atoms with Crippen LogP contribution in [-0.2, 0) is 7.05 Å². The number of rotatable bonds is 1. The van der Waals surface area contributed by atoms with Gasteiger partial charge in [0.1, 0.15) is 7.05 Å². The Morgan fingerprint density at radius 2 is 1.79 bits per heavy atom. The van der Waals surface area contributed by atoms with Crippen molar-refractivity contribution in [2.75, 3.05) is 0 Å². The predicted octanol–water partition coefficient (Wildman–Crippen LogP) is 5.86. The molecular weight excluding hydrogens is 344 g/mol. The normalized spacial score (nSPS) is 17.9. The summed E-state index contributed by atoms with van der Waals surface area (Å²) in [5.41, 5.74) is 2.09. The summed E-state index contributed by atoms with van der Waals surface area (Å²) in [7, 11) is 1.62. The maximum absolute atomic E-state index is 8.19. The summed E-state index contributed by atoms with van der Waals surface area (Å²) in [6, 6.07) is 12.1. The maximum Gasteiger partial charge on any atom is 0.227 e. The molecule has 2 aromatic carbocycles. The van der Waals surface area contributed by atoms with Gasteiger partial charge >= 0.3 is 0 Å². The second kappa shape index (κ2) is 5.90. The van der Waals surface area contributed by atoms with Gasteiger partial charge in [-0.3, -0.25) is 0 Å². The highest BCUT2D eigenvalue weighted by Crippen LogP contribution is 2.39. The van der Waals surface area contributed by atoms with Gasteiger partial charge in [0.15, 0.2) is 11.8 Å². The minimum atomic E-state index is -2.69. The molecule has 0 fully saturated rings. The lowest BCUT2D eigenvalue weighted by Gasteiger charge is -2.09. The number of fused-ring (bicyclic) bond motifs is 4. The predicted molar refractivity (Wildman–Crippen MR) is 115 cm³/mol. The second-order valence-electron chi connectivity index (χ2n) is 7.05. The molecule has 0 N–H and O–H groups in total. The molecule has 3 heteroatoms. The molecule has 3 heterocycles. The van der Waals surface area contributed by atoms with E-state index in [9.17, 15) is 0 Å². The largest absolute Gasteiger partial charge is 0.437 e. The van der Waals surface area contributed by atoms with Crippen LogP contribution in [0, 0.1) is 27.5 Å². The highest BCUT2D eigenvalue weighted by Gasteiger charge is 2.23. The highest BCUT2D eigenvalue weighted by molar-refractivity contribution is 6.12. The van der Waals surface area contributed by atoms with Crippen molar-refractivity contribution in [2.45, 2.75) is 27.5 Å². The average molecular weight is 377 g/mol. The Balaban J connectivity index is 1.95. The Morgan fingerprint density at radius 1 is 0.964 bits per heavy atom. The van der Waals surface area contributed by atoms with Gasteiger partial charge in [0.05, 0.1) is 11.1 Å². The van der Waals surface area contributed by atoms with Crippen LogP contribution in [0.25, 0.3) is 44.2 Å². The van der Waals surface area contributed by atoms with Crippen molar-refractivity contribution in [1.82, 2.24) is 4.98 Å². The first kappa shape index (κ1) is 9.83. The van der Waals surface area contributed by atoms with Crippen molar-refractivity contribution in [2.24, 2.45) is 7.05 Å². The first-order chi connectivity index (χ1) is 17.1. The van der Waals surface area contributed by atoms with E-state index in [-0.39, 0.29) is 28.0 Å². The molecule has 3 nitrogen and oxygen atoms in total. The van der Waals surface area contributed by atoms with Crippen LogP contribution in [0.5, 0.6) is 0 Å². The van der Waals surface area contributed by atoms with Crippen LogP contribution in [0.1, 0.15) is 34.6 Å². The van der Waals surface area contributed by atoms with Crippen molar-refractivity contribution in [3.8, 4) is 11.3 Å². The number of nitrogens with zero attached hydrogens (tertiary/aromatic N) is 2. The summed E-state index contributed by atoms with van der Waals surface area (Å²) >= 11 is 0. The average Bonchev–Trinajstić information content (AvgIpc) is 3.13. The molecule has 5 rings (SSSR count). The summed E-state index contributed by atoms with van der Waals surface area (Å²) in [5.74, 6) is 0. The van der Waals surface area contributed by atoms with Crippen molar-refractivity contribution < 1.29 is 21.3 Å². The summed E-state index contributed by atoms with van der Waals surface area (Å²) < 4.78 is 79.9. The Hall–Kier alpha value is -3.20. The molecule has 138 valence electrons. The zero-order valence-electron chi connectivity index (χ0n) is 24.4. The van der Waals surface area contributed by atoms with Crippen LogP contribution in [0.15, 0.2) is 53.1 Å². The zero-order chi connectivity index (χ0) is 27.1. The van der Waals surface area contributed by atoms with E-state index in [4.69, 9.17) is 16.8 Å². The molecule has 0 atom stereocenters. The Bertz CT molecular complexity index is 1710. The molecule has 0 aliphatic rings. The van der Waals surface area contributed by atoms with E-state index in [0.29, 0.717) is 33.1 Å². The number of hydrogen-bond acceptors (Lipinski definition) is 2. The molecule has 0 amide bonds. The van der Waals surface area contributed by atoms with Crippen LogP contribution in [-0.4, -0.2) is 4.98 Å². The molecule has 0 unspecified atom stereocenters. The number of para-hydroxylation sites is 1. The Kier molecular flexibility index (Phi) is 2.07. The summed E-state index contributed by atoms with van der Waals surface area (Å²) in [6.07, 6.45) is 1.29.